The molecule has 1 aliphatic heterocycles. The predicted octanol–water partition coefficient (Wildman–Crippen LogP) is 2.82. The predicted molar refractivity (Wildman–Crippen MR) is 90.0 cm³/mol. The van der Waals surface area contributed by atoms with Crippen LogP contribution < -0.4 is 4.74 Å². The highest BCUT2D eigenvalue weighted by atomic mass is 19.1. The fraction of sp³-hybridized carbons (Fsp3) is 0.529. The Hall–Kier alpha value is -1.41. The molecule has 0 saturated carbocycles. The third-order valence-corrected chi connectivity index (χ3v) is 4.39. The van der Waals surface area contributed by atoms with Crippen molar-refractivity contribution in [1.82, 2.24) is 0 Å². The zero-order chi connectivity index (χ0) is 18.0. The molecule has 1 aromatic rings. The van der Waals surface area contributed by atoms with Gasteiger partial charge in [0.05, 0.1) is 17.8 Å². The molecule has 7 heteroatoms. The quantitative estimate of drug-likeness (QED) is 0.639. The Morgan fingerprint density at radius 3 is 2.38 bits per heavy atom. The lowest BCUT2D eigenvalue weighted by molar-refractivity contribution is 0.00578. The zero-order valence-electron chi connectivity index (χ0n) is 14.8. The first-order valence-corrected chi connectivity index (χ1v) is 7.78. The van der Waals surface area contributed by atoms with Crippen LogP contribution >= 0.6 is 0 Å². The van der Waals surface area contributed by atoms with Crippen molar-refractivity contribution in [2.75, 3.05) is 20.5 Å². The summed E-state index contributed by atoms with van der Waals surface area (Å²) >= 11 is 0. The topological polar surface area (TPSA) is 57.2 Å². The molecule has 0 radical (unpaired) electrons. The van der Waals surface area contributed by atoms with Gasteiger partial charge >= 0.3 is 7.12 Å². The number of benzene rings is 1. The Morgan fingerprint density at radius 2 is 1.88 bits per heavy atom. The first-order valence-electron chi connectivity index (χ1n) is 7.78. The Balaban J connectivity index is 2.22. The van der Waals surface area contributed by atoms with Crippen molar-refractivity contribution in [2.24, 2.45) is 0 Å². The highest BCUT2D eigenvalue weighted by molar-refractivity contribution is 6.55. The van der Waals surface area contributed by atoms with E-state index in [0.717, 1.165) is 0 Å². The number of aliphatic hydroxyl groups is 1. The molecular formula is C17H24BFO5. The second kappa shape index (κ2) is 7.23. The van der Waals surface area contributed by atoms with Crippen molar-refractivity contribution < 1.29 is 28.3 Å². The highest BCUT2D eigenvalue weighted by Crippen LogP contribution is 2.38. The Kier molecular flexibility index (Phi) is 5.70. The van der Waals surface area contributed by atoms with Crippen molar-refractivity contribution in [1.29, 1.82) is 0 Å². The Bertz CT molecular complexity index is 599. The van der Waals surface area contributed by atoms with Crippen LogP contribution in [0.15, 0.2) is 23.7 Å². The second-order valence-corrected chi connectivity index (χ2v) is 6.70. The first kappa shape index (κ1) is 18.9. The van der Waals surface area contributed by atoms with Crippen LogP contribution in [0.3, 0.4) is 0 Å². The van der Waals surface area contributed by atoms with E-state index in [1.54, 1.807) is 12.1 Å². The molecule has 0 bridgehead atoms. The van der Waals surface area contributed by atoms with Gasteiger partial charge in [0.15, 0.2) is 6.79 Å². The average Bonchev–Trinajstić information content (AvgIpc) is 2.72. The van der Waals surface area contributed by atoms with Crippen molar-refractivity contribution in [3.05, 3.63) is 35.1 Å². The zero-order valence-corrected chi connectivity index (χ0v) is 14.8. The van der Waals surface area contributed by atoms with Crippen LogP contribution in [-0.4, -0.2) is 43.9 Å². The molecule has 0 aromatic heterocycles. The number of rotatable bonds is 6. The summed E-state index contributed by atoms with van der Waals surface area (Å²) in [6.07, 6.45) is 1.54. The van der Waals surface area contributed by atoms with Crippen LogP contribution in [-0.2, 0) is 14.0 Å². The van der Waals surface area contributed by atoms with Gasteiger partial charge in [-0.3, -0.25) is 0 Å². The summed E-state index contributed by atoms with van der Waals surface area (Å²) in [6.45, 7) is 7.44. The van der Waals surface area contributed by atoms with Crippen LogP contribution in [0, 0.1) is 5.82 Å². The van der Waals surface area contributed by atoms with Crippen LogP contribution in [0.1, 0.15) is 33.3 Å². The van der Waals surface area contributed by atoms with E-state index < -0.39 is 24.1 Å². The SMILES string of the molecule is COCOc1ccc(C=C(CO)B2OC(C)(C)C(C)(C)O2)c(F)c1. The minimum absolute atomic E-state index is 0.0461. The van der Waals surface area contributed by atoms with E-state index >= 15 is 0 Å². The van der Waals surface area contributed by atoms with Gasteiger partial charge in [-0.25, -0.2) is 4.39 Å². The number of ether oxygens (including phenoxy) is 2. The highest BCUT2D eigenvalue weighted by Gasteiger charge is 2.52. The van der Waals surface area contributed by atoms with Crippen molar-refractivity contribution >= 4 is 13.2 Å². The minimum atomic E-state index is -0.719. The maximum atomic E-state index is 14.2. The summed E-state index contributed by atoms with van der Waals surface area (Å²) in [6, 6.07) is 4.47. The lowest BCUT2D eigenvalue weighted by Crippen LogP contribution is -2.41. The van der Waals surface area contributed by atoms with Crippen molar-refractivity contribution in [2.45, 2.75) is 38.9 Å². The molecule has 1 aliphatic rings. The first-order chi connectivity index (χ1) is 11.2. The fourth-order valence-electron chi connectivity index (χ4n) is 2.22. The molecule has 0 amide bonds. The van der Waals surface area contributed by atoms with Gasteiger partial charge in [0, 0.05) is 18.7 Å². The third-order valence-electron chi connectivity index (χ3n) is 4.39. The van der Waals surface area contributed by atoms with Gasteiger partial charge in [-0.2, -0.15) is 0 Å². The van der Waals surface area contributed by atoms with Gasteiger partial charge in [-0.15, -0.1) is 0 Å². The summed E-state index contributed by atoms with van der Waals surface area (Å²) in [5.74, 6) is -0.0984. The summed E-state index contributed by atoms with van der Waals surface area (Å²) in [4.78, 5) is 0. The second-order valence-electron chi connectivity index (χ2n) is 6.70. The van der Waals surface area contributed by atoms with E-state index in [0.29, 0.717) is 16.8 Å². The standard InChI is InChI=1S/C17H24BFO5/c1-16(2)17(3,4)24-18(23-16)13(10-20)8-12-6-7-14(9-15(12)19)22-11-21-5/h6-9,20H,10-11H2,1-5H3. The van der Waals surface area contributed by atoms with Crippen molar-refractivity contribution in [3.63, 3.8) is 0 Å². The molecule has 132 valence electrons. The largest absolute Gasteiger partial charge is 0.492 e. The smallest absolute Gasteiger partial charge is 0.467 e. The van der Waals surface area contributed by atoms with Gasteiger partial charge in [-0.1, -0.05) is 6.08 Å². The normalized spacial score (nSPS) is 19.6. The molecule has 2 rings (SSSR count). The van der Waals surface area contributed by atoms with Gasteiger partial charge < -0.3 is 23.9 Å². The molecule has 1 N–H and O–H groups in total. The monoisotopic (exact) mass is 338 g/mol. The van der Waals surface area contributed by atoms with Crippen molar-refractivity contribution in [3.8, 4) is 5.75 Å². The summed E-state index contributed by atoms with van der Waals surface area (Å²) < 4.78 is 36.0. The van der Waals surface area contributed by atoms with E-state index in [2.05, 4.69) is 0 Å². The van der Waals surface area contributed by atoms with Gasteiger partial charge in [-0.05, 0) is 45.3 Å². The van der Waals surface area contributed by atoms with E-state index in [1.165, 1.54) is 19.3 Å². The van der Waals surface area contributed by atoms with E-state index in [9.17, 15) is 9.50 Å². The summed E-state index contributed by atoms with van der Waals surface area (Å²) in [7, 11) is 0.773. The lowest BCUT2D eigenvalue weighted by atomic mass is 9.77. The summed E-state index contributed by atoms with van der Waals surface area (Å²) in [5.41, 5.74) is -0.276. The number of hydrogen-bond acceptors (Lipinski definition) is 5. The molecule has 1 saturated heterocycles. The average molecular weight is 338 g/mol. The van der Waals surface area contributed by atoms with E-state index in [-0.39, 0.29) is 13.4 Å². The van der Waals surface area contributed by atoms with Crippen LogP contribution in [0.4, 0.5) is 4.39 Å². The molecule has 1 fully saturated rings. The maximum absolute atomic E-state index is 14.2. The van der Waals surface area contributed by atoms with E-state index in [1.807, 2.05) is 27.7 Å². The van der Waals surface area contributed by atoms with Gasteiger partial charge in [0.1, 0.15) is 11.6 Å². The maximum Gasteiger partial charge on any atom is 0.492 e. The van der Waals surface area contributed by atoms with Crippen LogP contribution in [0.2, 0.25) is 0 Å². The molecule has 24 heavy (non-hydrogen) atoms. The number of methoxy groups -OCH3 is 1. The van der Waals surface area contributed by atoms with Gasteiger partial charge in [0.2, 0.25) is 0 Å². The molecule has 0 spiro atoms. The molecule has 0 atom stereocenters. The molecule has 1 aromatic carbocycles. The molecular weight excluding hydrogens is 314 g/mol. The number of hydrogen-bond donors (Lipinski definition) is 1. The molecule has 0 aliphatic carbocycles. The lowest BCUT2D eigenvalue weighted by Gasteiger charge is -2.32. The minimum Gasteiger partial charge on any atom is -0.467 e. The fourth-order valence-corrected chi connectivity index (χ4v) is 2.22. The summed E-state index contributed by atoms with van der Waals surface area (Å²) in [5, 5.41) is 9.66. The number of aliphatic hydroxyl groups excluding tert-OH is 1. The molecule has 0 unspecified atom stereocenters. The van der Waals surface area contributed by atoms with Crippen LogP contribution in [0.5, 0.6) is 5.75 Å². The van der Waals surface area contributed by atoms with E-state index in [4.69, 9.17) is 18.8 Å². The van der Waals surface area contributed by atoms with Crippen LogP contribution in [0.25, 0.3) is 6.08 Å². The molecule has 5 nitrogen and oxygen atoms in total. The molecule has 1 heterocycles. The third kappa shape index (κ3) is 3.98. The Labute approximate surface area is 142 Å². The number of halogens is 1. The Morgan fingerprint density at radius 1 is 1.25 bits per heavy atom. The van der Waals surface area contributed by atoms with Gasteiger partial charge in [0.25, 0.3) is 0 Å².